The molecule has 1 fully saturated rings. The molecule has 1 saturated carbocycles. The predicted octanol–water partition coefficient (Wildman–Crippen LogP) is 4.23. The lowest BCUT2D eigenvalue weighted by atomic mass is 10.1. The van der Waals surface area contributed by atoms with Crippen LogP contribution in [0.3, 0.4) is 0 Å². The van der Waals surface area contributed by atoms with E-state index in [0.717, 1.165) is 29.8 Å². The van der Waals surface area contributed by atoms with Crippen molar-refractivity contribution in [1.29, 1.82) is 0 Å². The number of benzene rings is 1. The maximum atomic E-state index is 10.9. The van der Waals surface area contributed by atoms with E-state index in [1.165, 1.54) is 25.1 Å². The molecule has 1 aliphatic carbocycles. The highest BCUT2D eigenvalue weighted by Gasteiger charge is 2.16. The Balaban J connectivity index is 1.58. The molecule has 122 valence electrons. The van der Waals surface area contributed by atoms with Crippen molar-refractivity contribution in [3.63, 3.8) is 0 Å². The van der Waals surface area contributed by atoms with E-state index in [2.05, 4.69) is 4.98 Å². The van der Waals surface area contributed by atoms with E-state index >= 15 is 0 Å². The van der Waals surface area contributed by atoms with Crippen LogP contribution in [0.4, 0.5) is 5.69 Å². The van der Waals surface area contributed by atoms with Gasteiger partial charge in [-0.1, -0.05) is 0 Å². The summed E-state index contributed by atoms with van der Waals surface area (Å²) in [5, 5.41) is 10.9. The van der Waals surface area contributed by atoms with Crippen LogP contribution in [0.25, 0.3) is 16.9 Å². The van der Waals surface area contributed by atoms with Crippen LogP contribution in [-0.4, -0.2) is 20.4 Å². The summed E-state index contributed by atoms with van der Waals surface area (Å²) in [6, 6.07) is 11.0. The molecule has 0 atom stereocenters. The molecule has 3 aromatic rings. The van der Waals surface area contributed by atoms with E-state index in [1.54, 1.807) is 16.7 Å². The number of nitrogens with zero attached hydrogens (tertiary/aromatic N) is 3. The van der Waals surface area contributed by atoms with Crippen molar-refractivity contribution >= 4 is 11.3 Å². The molecule has 0 saturated heterocycles. The molecule has 4 rings (SSSR count). The summed E-state index contributed by atoms with van der Waals surface area (Å²) in [5.74, 6) is 0.880. The van der Waals surface area contributed by atoms with Gasteiger partial charge in [0, 0.05) is 17.8 Å². The van der Waals surface area contributed by atoms with Gasteiger partial charge in [-0.3, -0.25) is 14.5 Å². The van der Waals surface area contributed by atoms with Crippen molar-refractivity contribution in [1.82, 2.24) is 9.38 Å². The third kappa shape index (κ3) is 2.82. The van der Waals surface area contributed by atoms with Crippen LogP contribution in [0.1, 0.15) is 25.7 Å². The number of imidazole rings is 1. The molecule has 0 aliphatic heterocycles. The third-order valence-electron chi connectivity index (χ3n) is 4.40. The molecule has 2 heterocycles. The zero-order chi connectivity index (χ0) is 16.5. The lowest BCUT2D eigenvalue weighted by Gasteiger charge is -2.12. The highest BCUT2D eigenvalue weighted by Crippen LogP contribution is 2.27. The van der Waals surface area contributed by atoms with Gasteiger partial charge in [-0.15, -0.1) is 0 Å². The van der Waals surface area contributed by atoms with Crippen molar-refractivity contribution < 1.29 is 9.66 Å². The highest BCUT2D eigenvalue weighted by atomic mass is 16.6. The van der Waals surface area contributed by atoms with Gasteiger partial charge in [-0.25, -0.2) is 4.98 Å². The topological polar surface area (TPSA) is 69.7 Å². The first-order valence-corrected chi connectivity index (χ1v) is 8.09. The first-order valence-electron chi connectivity index (χ1n) is 8.09. The zero-order valence-corrected chi connectivity index (χ0v) is 13.1. The van der Waals surface area contributed by atoms with Crippen molar-refractivity contribution in [2.75, 3.05) is 0 Å². The fourth-order valence-electron chi connectivity index (χ4n) is 3.13. The predicted molar refractivity (Wildman–Crippen MR) is 90.2 cm³/mol. The molecule has 0 amide bonds. The Kier molecular flexibility index (Phi) is 3.65. The lowest BCUT2D eigenvalue weighted by molar-refractivity contribution is -0.385. The molecule has 0 bridgehead atoms. The summed E-state index contributed by atoms with van der Waals surface area (Å²) in [4.78, 5) is 15.0. The lowest BCUT2D eigenvalue weighted by Crippen LogP contribution is -2.10. The Morgan fingerprint density at radius 1 is 1.08 bits per heavy atom. The van der Waals surface area contributed by atoms with Crippen LogP contribution in [0.5, 0.6) is 5.75 Å². The normalized spacial score (nSPS) is 15.0. The smallest absolute Gasteiger partial charge is 0.286 e. The minimum Gasteiger partial charge on any atom is -0.490 e. The summed E-state index contributed by atoms with van der Waals surface area (Å²) >= 11 is 0. The van der Waals surface area contributed by atoms with E-state index in [9.17, 15) is 10.1 Å². The number of aromatic nitrogens is 2. The Bertz CT molecular complexity index is 880. The minimum absolute atomic E-state index is 0.0479. The number of hydrogen-bond acceptors (Lipinski definition) is 4. The molecule has 2 aromatic heterocycles. The Morgan fingerprint density at radius 2 is 1.83 bits per heavy atom. The monoisotopic (exact) mass is 323 g/mol. The molecule has 0 spiro atoms. The average Bonchev–Trinajstić information content (AvgIpc) is 3.23. The highest BCUT2D eigenvalue weighted by molar-refractivity contribution is 5.63. The van der Waals surface area contributed by atoms with Crippen molar-refractivity contribution in [2.45, 2.75) is 31.8 Å². The standard InChI is InChI=1S/C18H17N3O3/c22-21(23)14-7-10-18-19-17(12-20(18)11-14)13-5-8-16(9-6-13)24-15-3-1-2-4-15/h5-12,15H,1-4H2. The molecule has 0 radical (unpaired) electrons. The molecule has 6 heteroatoms. The third-order valence-corrected chi connectivity index (χ3v) is 4.40. The molecule has 0 unspecified atom stereocenters. The van der Waals surface area contributed by atoms with Gasteiger partial charge in [0.25, 0.3) is 5.69 Å². The van der Waals surface area contributed by atoms with Crippen molar-refractivity contribution in [3.05, 3.63) is 58.9 Å². The second-order valence-corrected chi connectivity index (χ2v) is 6.08. The zero-order valence-electron chi connectivity index (χ0n) is 13.1. The maximum Gasteiger partial charge on any atom is 0.286 e. The second kappa shape index (κ2) is 5.96. The van der Waals surface area contributed by atoms with Crippen LogP contribution in [0.15, 0.2) is 48.8 Å². The van der Waals surface area contributed by atoms with Gasteiger partial charge in [0.05, 0.1) is 22.9 Å². The summed E-state index contributed by atoms with van der Waals surface area (Å²) in [5.41, 5.74) is 2.47. The average molecular weight is 323 g/mol. The molecule has 0 N–H and O–H groups in total. The Labute approximate surface area is 138 Å². The summed E-state index contributed by atoms with van der Waals surface area (Å²) in [7, 11) is 0. The quantitative estimate of drug-likeness (QED) is 0.532. The van der Waals surface area contributed by atoms with Crippen LogP contribution < -0.4 is 4.74 Å². The fraction of sp³-hybridized carbons (Fsp3) is 0.278. The van der Waals surface area contributed by atoms with E-state index in [0.29, 0.717) is 11.8 Å². The second-order valence-electron chi connectivity index (χ2n) is 6.08. The van der Waals surface area contributed by atoms with E-state index in [-0.39, 0.29) is 5.69 Å². The molecule has 1 aromatic carbocycles. The molecular weight excluding hydrogens is 306 g/mol. The minimum atomic E-state index is -0.408. The Morgan fingerprint density at radius 3 is 2.54 bits per heavy atom. The van der Waals surface area contributed by atoms with Crippen LogP contribution >= 0.6 is 0 Å². The fourth-order valence-corrected chi connectivity index (χ4v) is 3.13. The molecular formula is C18H17N3O3. The van der Waals surface area contributed by atoms with Crippen LogP contribution in [0.2, 0.25) is 0 Å². The van der Waals surface area contributed by atoms with Gasteiger partial charge < -0.3 is 4.74 Å². The van der Waals surface area contributed by atoms with Gasteiger partial charge >= 0.3 is 0 Å². The number of nitro groups is 1. The van der Waals surface area contributed by atoms with Gasteiger partial charge in [0.2, 0.25) is 0 Å². The molecule has 24 heavy (non-hydrogen) atoms. The van der Waals surface area contributed by atoms with Crippen molar-refractivity contribution in [2.24, 2.45) is 0 Å². The number of hydrogen-bond donors (Lipinski definition) is 0. The SMILES string of the molecule is O=[N+]([O-])c1ccc2nc(-c3ccc(OC4CCCC4)cc3)cn2c1. The van der Waals surface area contributed by atoms with Gasteiger partial charge in [-0.05, 0) is 56.0 Å². The first kappa shape index (κ1) is 14.7. The van der Waals surface area contributed by atoms with Gasteiger partial charge in [0.1, 0.15) is 11.4 Å². The summed E-state index contributed by atoms with van der Waals surface area (Å²) < 4.78 is 7.64. The van der Waals surface area contributed by atoms with Gasteiger partial charge in [-0.2, -0.15) is 0 Å². The van der Waals surface area contributed by atoms with Gasteiger partial charge in [0.15, 0.2) is 0 Å². The number of ether oxygens (including phenoxy) is 1. The van der Waals surface area contributed by atoms with Crippen LogP contribution in [0, 0.1) is 10.1 Å². The van der Waals surface area contributed by atoms with E-state index in [4.69, 9.17) is 4.74 Å². The van der Waals surface area contributed by atoms with Crippen LogP contribution in [-0.2, 0) is 0 Å². The molecule has 6 nitrogen and oxygen atoms in total. The summed E-state index contributed by atoms with van der Waals surface area (Å²) in [6.45, 7) is 0. The van der Waals surface area contributed by atoms with E-state index in [1.807, 2.05) is 24.3 Å². The maximum absolute atomic E-state index is 10.9. The number of fused-ring (bicyclic) bond motifs is 1. The van der Waals surface area contributed by atoms with Crippen molar-refractivity contribution in [3.8, 4) is 17.0 Å². The first-order chi connectivity index (χ1) is 11.7. The van der Waals surface area contributed by atoms with E-state index < -0.39 is 4.92 Å². The summed E-state index contributed by atoms with van der Waals surface area (Å²) in [6.07, 6.45) is 8.37. The number of pyridine rings is 1. The number of rotatable bonds is 4. The Hall–Kier alpha value is -2.89. The molecule has 1 aliphatic rings. The largest absolute Gasteiger partial charge is 0.490 e.